The molecule has 2 aromatic carbocycles. The van der Waals surface area contributed by atoms with Crippen molar-refractivity contribution < 1.29 is 23.8 Å². The summed E-state index contributed by atoms with van der Waals surface area (Å²) in [5, 5.41) is 2.74. The predicted molar refractivity (Wildman–Crippen MR) is 99.0 cm³/mol. The Balaban J connectivity index is 2.07. The van der Waals surface area contributed by atoms with Gasteiger partial charge in [0.15, 0.2) is 18.1 Å². The molecular formula is C20H23NO5. The molecule has 0 saturated heterocycles. The first-order valence-corrected chi connectivity index (χ1v) is 8.30. The van der Waals surface area contributed by atoms with Gasteiger partial charge in [0.1, 0.15) is 0 Å². The second kappa shape index (κ2) is 8.89. The van der Waals surface area contributed by atoms with Crippen molar-refractivity contribution in [2.75, 3.05) is 25.6 Å². The Bertz CT molecular complexity index is 801. The highest BCUT2D eigenvalue weighted by atomic mass is 16.5. The van der Waals surface area contributed by atoms with Crippen LogP contribution in [0.1, 0.15) is 28.4 Å². The van der Waals surface area contributed by atoms with Gasteiger partial charge in [-0.1, -0.05) is 12.1 Å². The van der Waals surface area contributed by atoms with Gasteiger partial charge in [-0.25, -0.2) is 4.79 Å². The molecule has 0 aliphatic carbocycles. The number of hydrogen-bond donors (Lipinski definition) is 1. The molecule has 6 heteroatoms. The van der Waals surface area contributed by atoms with E-state index in [1.54, 1.807) is 24.3 Å². The predicted octanol–water partition coefficient (Wildman–Crippen LogP) is 3.51. The van der Waals surface area contributed by atoms with Gasteiger partial charge in [-0.05, 0) is 56.2 Å². The molecule has 0 aliphatic rings. The van der Waals surface area contributed by atoms with Crippen LogP contribution in [0.5, 0.6) is 11.5 Å². The summed E-state index contributed by atoms with van der Waals surface area (Å²) in [6, 6.07) is 10.6. The molecule has 0 unspecified atom stereocenters. The average Bonchev–Trinajstić information content (AvgIpc) is 2.63. The monoisotopic (exact) mass is 357 g/mol. The van der Waals surface area contributed by atoms with E-state index in [2.05, 4.69) is 5.32 Å². The largest absolute Gasteiger partial charge is 0.490 e. The lowest BCUT2D eigenvalue weighted by molar-refractivity contribution is -0.118. The summed E-state index contributed by atoms with van der Waals surface area (Å²) in [4.78, 5) is 24.1. The molecule has 0 radical (unpaired) electrons. The Morgan fingerprint density at radius 2 is 1.69 bits per heavy atom. The topological polar surface area (TPSA) is 73.9 Å². The quantitative estimate of drug-likeness (QED) is 0.768. The van der Waals surface area contributed by atoms with E-state index in [-0.39, 0.29) is 12.5 Å². The van der Waals surface area contributed by atoms with Gasteiger partial charge in [-0.2, -0.15) is 0 Å². The molecule has 1 amide bonds. The van der Waals surface area contributed by atoms with Gasteiger partial charge in [-0.15, -0.1) is 0 Å². The van der Waals surface area contributed by atoms with Crippen molar-refractivity contribution in [2.24, 2.45) is 0 Å². The van der Waals surface area contributed by atoms with E-state index in [4.69, 9.17) is 14.2 Å². The number of hydrogen-bond acceptors (Lipinski definition) is 5. The van der Waals surface area contributed by atoms with E-state index < -0.39 is 5.97 Å². The number of para-hydroxylation sites is 2. The molecule has 0 atom stereocenters. The number of aryl methyl sites for hydroxylation is 1. The minimum Gasteiger partial charge on any atom is -0.490 e. The molecule has 138 valence electrons. The standard InChI is InChI=1S/C20H23NO5/c1-5-25-17-8-6-7-9-18(17)26-12-19(22)21-15-10-13(2)14(3)16(11-15)20(23)24-4/h6-11H,5,12H2,1-4H3,(H,21,22). The number of rotatable bonds is 7. The molecule has 1 N–H and O–H groups in total. The third-order valence-corrected chi connectivity index (χ3v) is 3.86. The van der Waals surface area contributed by atoms with Gasteiger partial charge in [0.2, 0.25) is 0 Å². The van der Waals surface area contributed by atoms with Crippen molar-refractivity contribution in [3.8, 4) is 11.5 Å². The maximum Gasteiger partial charge on any atom is 0.338 e. The number of esters is 1. The van der Waals surface area contributed by atoms with Crippen LogP contribution in [-0.2, 0) is 9.53 Å². The maximum atomic E-state index is 12.2. The third-order valence-electron chi connectivity index (χ3n) is 3.86. The molecule has 0 saturated carbocycles. The van der Waals surface area contributed by atoms with Crippen molar-refractivity contribution in [3.63, 3.8) is 0 Å². The second-order valence-corrected chi connectivity index (χ2v) is 5.67. The number of anilines is 1. The molecule has 2 rings (SSSR count). The van der Waals surface area contributed by atoms with E-state index in [0.717, 1.165) is 11.1 Å². The third kappa shape index (κ3) is 4.75. The Morgan fingerprint density at radius 1 is 1.04 bits per heavy atom. The Kier molecular flexibility index (Phi) is 6.60. The summed E-state index contributed by atoms with van der Waals surface area (Å²) < 4.78 is 15.8. The Hall–Kier alpha value is -3.02. The van der Waals surface area contributed by atoms with Crippen LogP contribution in [0.25, 0.3) is 0 Å². The Labute approximate surface area is 153 Å². The van der Waals surface area contributed by atoms with Crippen LogP contribution in [0.2, 0.25) is 0 Å². The summed E-state index contributed by atoms with van der Waals surface area (Å²) in [5.74, 6) is 0.306. The van der Waals surface area contributed by atoms with Crippen LogP contribution in [0.4, 0.5) is 5.69 Å². The normalized spacial score (nSPS) is 10.2. The number of ether oxygens (including phenoxy) is 3. The minimum absolute atomic E-state index is 0.176. The molecule has 6 nitrogen and oxygen atoms in total. The summed E-state index contributed by atoms with van der Waals surface area (Å²) >= 11 is 0. The van der Waals surface area contributed by atoms with E-state index in [1.165, 1.54) is 7.11 Å². The second-order valence-electron chi connectivity index (χ2n) is 5.67. The van der Waals surface area contributed by atoms with Gasteiger partial charge in [-0.3, -0.25) is 4.79 Å². The molecule has 0 aliphatic heterocycles. The molecule has 2 aromatic rings. The number of carbonyl (C=O) groups is 2. The maximum absolute atomic E-state index is 12.2. The fourth-order valence-corrected chi connectivity index (χ4v) is 2.44. The highest BCUT2D eigenvalue weighted by Gasteiger charge is 2.14. The van der Waals surface area contributed by atoms with Crippen LogP contribution in [0.3, 0.4) is 0 Å². The lowest BCUT2D eigenvalue weighted by Crippen LogP contribution is -2.21. The van der Waals surface area contributed by atoms with Crippen molar-refractivity contribution in [3.05, 3.63) is 53.1 Å². The van der Waals surface area contributed by atoms with Crippen molar-refractivity contribution >= 4 is 17.6 Å². The smallest absolute Gasteiger partial charge is 0.338 e. The highest BCUT2D eigenvalue weighted by Crippen LogP contribution is 2.26. The first-order valence-electron chi connectivity index (χ1n) is 8.30. The van der Waals surface area contributed by atoms with E-state index in [9.17, 15) is 9.59 Å². The van der Waals surface area contributed by atoms with Gasteiger partial charge in [0.05, 0.1) is 19.3 Å². The summed E-state index contributed by atoms with van der Waals surface area (Å²) in [5.41, 5.74) is 2.63. The van der Waals surface area contributed by atoms with Crippen molar-refractivity contribution in [1.29, 1.82) is 0 Å². The van der Waals surface area contributed by atoms with Crippen molar-refractivity contribution in [1.82, 2.24) is 0 Å². The number of nitrogens with one attached hydrogen (secondary N) is 1. The Morgan fingerprint density at radius 3 is 2.31 bits per heavy atom. The number of amides is 1. The zero-order valence-electron chi connectivity index (χ0n) is 15.4. The van der Waals surface area contributed by atoms with E-state index in [0.29, 0.717) is 29.4 Å². The number of methoxy groups -OCH3 is 1. The van der Waals surface area contributed by atoms with Gasteiger partial charge in [0, 0.05) is 5.69 Å². The minimum atomic E-state index is -0.441. The lowest BCUT2D eigenvalue weighted by Gasteiger charge is -2.13. The van der Waals surface area contributed by atoms with Gasteiger partial charge < -0.3 is 19.5 Å². The van der Waals surface area contributed by atoms with Crippen molar-refractivity contribution in [2.45, 2.75) is 20.8 Å². The SMILES string of the molecule is CCOc1ccccc1OCC(=O)Nc1cc(C)c(C)c(C(=O)OC)c1. The van der Waals surface area contributed by atoms with Crippen LogP contribution in [0.15, 0.2) is 36.4 Å². The first-order chi connectivity index (χ1) is 12.5. The molecule has 0 heterocycles. The highest BCUT2D eigenvalue weighted by molar-refractivity contribution is 5.96. The molecule has 0 fully saturated rings. The fourth-order valence-electron chi connectivity index (χ4n) is 2.44. The number of carbonyl (C=O) groups excluding carboxylic acids is 2. The van der Waals surface area contributed by atoms with E-state index >= 15 is 0 Å². The lowest BCUT2D eigenvalue weighted by atomic mass is 10.0. The van der Waals surface area contributed by atoms with E-state index in [1.807, 2.05) is 32.9 Å². The molecule has 0 aromatic heterocycles. The van der Waals surface area contributed by atoms with Crippen LogP contribution >= 0.6 is 0 Å². The zero-order chi connectivity index (χ0) is 19.1. The first kappa shape index (κ1) is 19.3. The summed E-state index contributed by atoms with van der Waals surface area (Å²) in [6.45, 7) is 5.91. The summed E-state index contributed by atoms with van der Waals surface area (Å²) in [7, 11) is 1.33. The van der Waals surface area contributed by atoms with Gasteiger partial charge in [0.25, 0.3) is 5.91 Å². The molecule has 0 spiro atoms. The van der Waals surface area contributed by atoms with Crippen LogP contribution < -0.4 is 14.8 Å². The van der Waals surface area contributed by atoms with Gasteiger partial charge >= 0.3 is 5.97 Å². The molecule has 26 heavy (non-hydrogen) atoms. The van der Waals surface area contributed by atoms with Crippen LogP contribution in [0, 0.1) is 13.8 Å². The number of benzene rings is 2. The fraction of sp³-hybridized carbons (Fsp3) is 0.300. The molecule has 0 bridgehead atoms. The van der Waals surface area contributed by atoms with Crippen LogP contribution in [-0.4, -0.2) is 32.2 Å². The average molecular weight is 357 g/mol. The summed E-state index contributed by atoms with van der Waals surface area (Å²) in [6.07, 6.45) is 0. The molecular weight excluding hydrogens is 334 g/mol. The zero-order valence-corrected chi connectivity index (χ0v) is 15.4.